The Bertz CT molecular complexity index is 788. The van der Waals surface area contributed by atoms with Crippen LogP contribution in [0.4, 0.5) is 0 Å². The van der Waals surface area contributed by atoms with E-state index in [1.54, 1.807) is 12.1 Å². The summed E-state index contributed by atoms with van der Waals surface area (Å²) < 4.78 is 10.4. The highest BCUT2D eigenvalue weighted by Crippen LogP contribution is 2.31. The van der Waals surface area contributed by atoms with E-state index in [4.69, 9.17) is 14.5 Å². The molecule has 1 aliphatic rings. The third-order valence-electron chi connectivity index (χ3n) is 4.43. The second-order valence-electron chi connectivity index (χ2n) is 6.09. The molecule has 0 atom stereocenters. The molecule has 1 saturated carbocycles. The molecule has 1 fully saturated rings. The van der Waals surface area contributed by atoms with Crippen molar-refractivity contribution >= 4 is 5.91 Å². The number of rotatable bonds is 5. The lowest BCUT2D eigenvalue weighted by Gasteiger charge is -2.17. The van der Waals surface area contributed by atoms with E-state index in [2.05, 4.69) is 15.5 Å². The summed E-state index contributed by atoms with van der Waals surface area (Å²) in [4.78, 5) is 16.6. The van der Waals surface area contributed by atoms with E-state index < -0.39 is 0 Å². The molecule has 1 N–H and O–H groups in total. The van der Waals surface area contributed by atoms with Crippen LogP contribution in [0.15, 0.2) is 22.7 Å². The summed E-state index contributed by atoms with van der Waals surface area (Å²) >= 11 is 0. The van der Waals surface area contributed by atoms with Crippen molar-refractivity contribution in [2.24, 2.45) is 0 Å². The molecule has 0 unspecified atom stereocenters. The Kier molecular flexibility index (Phi) is 5.29. The number of benzene rings is 1. The molecule has 7 heteroatoms. The highest BCUT2D eigenvalue weighted by Gasteiger charge is 2.21. The summed E-state index contributed by atoms with van der Waals surface area (Å²) in [5, 5.41) is 15.8. The van der Waals surface area contributed by atoms with Gasteiger partial charge in [0.05, 0.1) is 19.2 Å². The molecule has 0 radical (unpaired) electrons. The van der Waals surface area contributed by atoms with Crippen LogP contribution in [0.3, 0.4) is 0 Å². The molecule has 0 aliphatic heterocycles. The van der Waals surface area contributed by atoms with Gasteiger partial charge in [-0.3, -0.25) is 4.79 Å². The van der Waals surface area contributed by atoms with Gasteiger partial charge < -0.3 is 14.6 Å². The number of ether oxygens (including phenoxy) is 1. The Morgan fingerprint density at radius 1 is 1.40 bits per heavy atom. The predicted molar refractivity (Wildman–Crippen MR) is 89.0 cm³/mol. The monoisotopic (exact) mass is 340 g/mol. The second-order valence-corrected chi connectivity index (χ2v) is 6.09. The lowest BCUT2D eigenvalue weighted by molar-refractivity contribution is 0.0949. The predicted octanol–water partition coefficient (Wildman–Crippen LogP) is 2.93. The standard InChI is InChI=1S/C18H20N4O3/c1-24-15-8-7-13(9-14(15)10-19)17(23)20-11-16-21-18(25-22-16)12-5-3-2-4-6-12/h7-9,12H,2-6,11H2,1H3,(H,20,23). The summed E-state index contributed by atoms with van der Waals surface area (Å²) in [5.41, 5.74) is 0.697. The van der Waals surface area contributed by atoms with E-state index in [9.17, 15) is 4.79 Å². The van der Waals surface area contributed by atoms with E-state index in [-0.39, 0.29) is 12.5 Å². The van der Waals surface area contributed by atoms with Gasteiger partial charge in [-0.05, 0) is 31.0 Å². The van der Waals surface area contributed by atoms with Crippen LogP contribution < -0.4 is 10.1 Å². The van der Waals surface area contributed by atoms with Crippen molar-refractivity contribution in [3.8, 4) is 11.8 Å². The molecule has 0 bridgehead atoms. The van der Waals surface area contributed by atoms with E-state index in [1.807, 2.05) is 6.07 Å². The first-order valence-corrected chi connectivity index (χ1v) is 8.40. The maximum atomic E-state index is 12.2. The normalized spacial score (nSPS) is 14.7. The number of carbonyl (C=O) groups excluding carboxylic acids is 1. The van der Waals surface area contributed by atoms with Gasteiger partial charge in [0.25, 0.3) is 5.91 Å². The molecule has 3 rings (SSSR count). The van der Waals surface area contributed by atoms with Crippen molar-refractivity contribution in [3.63, 3.8) is 0 Å². The van der Waals surface area contributed by atoms with E-state index in [0.29, 0.717) is 34.5 Å². The molecule has 1 aromatic heterocycles. The SMILES string of the molecule is COc1ccc(C(=O)NCc2noc(C3CCCCC3)n2)cc1C#N. The van der Waals surface area contributed by atoms with Crippen molar-refractivity contribution in [1.82, 2.24) is 15.5 Å². The molecule has 25 heavy (non-hydrogen) atoms. The first-order valence-electron chi connectivity index (χ1n) is 8.40. The molecular weight excluding hydrogens is 320 g/mol. The number of nitrogens with zero attached hydrogens (tertiary/aromatic N) is 3. The first-order chi connectivity index (χ1) is 12.2. The largest absolute Gasteiger partial charge is 0.495 e. The van der Waals surface area contributed by atoms with Gasteiger partial charge in [0.1, 0.15) is 11.8 Å². The van der Waals surface area contributed by atoms with E-state index in [0.717, 1.165) is 12.8 Å². The van der Waals surface area contributed by atoms with Crippen LogP contribution in [-0.2, 0) is 6.54 Å². The van der Waals surface area contributed by atoms with Crippen LogP contribution in [0.1, 0.15) is 65.7 Å². The summed E-state index contributed by atoms with van der Waals surface area (Å²) in [7, 11) is 1.48. The van der Waals surface area contributed by atoms with Crippen molar-refractivity contribution in [3.05, 3.63) is 41.0 Å². The summed E-state index contributed by atoms with van der Waals surface area (Å²) in [6.45, 7) is 0.184. The third-order valence-corrected chi connectivity index (χ3v) is 4.43. The van der Waals surface area contributed by atoms with Gasteiger partial charge in [0.15, 0.2) is 5.82 Å². The second kappa shape index (κ2) is 7.79. The zero-order valence-electron chi connectivity index (χ0n) is 14.1. The molecule has 1 amide bonds. The number of aromatic nitrogens is 2. The van der Waals surface area contributed by atoms with Gasteiger partial charge in [-0.1, -0.05) is 24.4 Å². The van der Waals surface area contributed by atoms with Crippen LogP contribution in [0.25, 0.3) is 0 Å². The maximum absolute atomic E-state index is 12.2. The number of nitriles is 1. The van der Waals surface area contributed by atoms with Crippen LogP contribution in [0.5, 0.6) is 5.75 Å². The minimum absolute atomic E-state index is 0.184. The Morgan fingerprint density at radius 3 is 2.92 bits per heavy atom. The van der Waals surface area contributed by atoms with Crippen molar-refractivity contribution in [2.45, 2.75) is 44.6 Å². The van der Waals surface area contributed by atoms with Crippen molar-refractivity contribution < 1.29 is 14.1 Å². The minimum atomic E-state index is -0.303. The highest BCUT2D eigenvalue weighted by molar-refractivity contribution is 5.94. The Labute approximate surface area is 146 Å². The number of methoxy groups -OCH3 is 1. The zero-order valence-corrected chi connectivity index (χ0v) is 14.1. The first kappa shape index (κ1) is 17.0. The van der Waals surface area contributed by atoms with Gasteiger partial charge in [0, 0.05) is 11.5 Å². The minimum Gasteiger partial charge on any atom is -0.495 e. The highest BCUT2D eigenvalue weighted by atomic mass is 16.5. The van der Waals surface area contributed by atoms with Gasteiger partial charge in [-0.15, -0.1) is 0 Å². The zero-order chi connectivity index (χ0) is 17.6. The summed E-state index contributed by atoms with van der Waals surface area (Å²) in [6.07, 6.45) is 5.81. The quantitative estimate of drug-likeness (QED) is 0.898. The smallest absolute Gasteiger partial charge is 0.251 e. The van der Waals surface area contributed by atoms with Gasteiger partial charge in [-0.25, -0.2) is 0 Å². The number of hydrogen-bond acceptors (Lipinski definition) is 6. The van der Waals surface area contributed by atoms with Crippen molar-refractivity contribution in [2.75, 3.05) is 7.11 Å². The molecule has 2 aromatic rings. The lowest BCUT2D eigenvalue weighted by atomic mass is 9.89. The molecule has 130 valence electrons. The number of nitrogens with one attached hydrogen (secondary N) is 1. The fourth-order valence-electron chi connectivity index (χ4n) is 3.05. The molecule has 1 heterocycles. The molecule has 7 nitrogen and oxygen atoms in total. The summed E-state index contributed by atoms with van der Waals surface area (Å²) in [5.74, 6) is 1.60. The maximum Gasteiger partial charge on any atom is 0.251 e. The average Bonchev–Trinajstić information content (AvgIpc) is 3.15. The average molecular weight is 340 g/mol. The van der Waals surface area contributed by atoms with Crippen LogP contribution in [0.2, 0.25) is 0 Å². The fourth-order valence-corrected chi connectivity index (χ4v) is 3.05. The number of amides is 1. The van der Waals surface area contributed by atoms with Crippen LogP contribution in [0, 0.1) is 11.3 Å². The van der Waals surface area contributed by atoms with Crippen molar-refractivity contribution in [1.29, 1.82) is 5.26 Å². The van der Waals surface area contributed by atoms with E-state index in [1.165, 1.54) is 32.4 Å². The number of hydrogen-bond donors (Lipinski definition) is 1. The van der Waals surface area contributed by atoms with E-state index >= 15 is 0 Å². The Balaban J connectivity index is 1.61. The molecular formula is C18H20N4O3. The molecule has 1 aromatic carbocycles. The van der Waals surface area contributed by atoms with Gasteiger partial charge >= 0.3 is 0 Å². The van der Waals surface area contributed by atoms with Crippen LogP contribution in [-0.4, -0.2) is 23.2 Å². The summed E-state index contributed by atoms with van der Waals surface area (Å²) in [6, 6.07) is 6.72. The molecule has 0 spiro atoms. The molecule has 0 saturated heterocycles. The lowest BCUT2D eigenvalue weighted by Crippen LogP contribution is -2.23. The van der Waals surface area contributed by atoms with Gasteiger partial charge in [0.2, 0.25) is 5.89 Å². The Hall–Kier alpha value is -2.88. The third kappa shape index (κ3) is 3.97. The Morgan fingerprint density at radius 2 is 2.20 bits per heavy atom. The molecule has 1 aliphatic carbocycles. The topological polar surface area (TPSA) is 101 Å². The van der Waals surface area contributed by atoms with Gasteiger partial charge in [-0.2, -0.15) is 10.2 Å². The fraction of sp³-hybridized carbons (Fsp3) is 0.444. The number of carbonyl (C=O) groups is 1. The van der Waals surface area contributed by atoms with Crippen LogP contribution >= 0.6 is 0 Å².